The third-order valence-electron chi connectivity index (χ3n) is 4.01. The molecular weight excluding hydrogens is 384 g/mol. The first-order valence-electron chi connectivity index (χ1n) is 8.93. The lowest BCUT2D eigenvalue weighted by atomic mass is 10.1. The Balaban J connectivity index is 2.79. The standard InChI is InChI=1S/C19H28N2O4S2/c1-3-7-16(26)18(23)20-14(10-11-27-2)17(22)21-15(19(24)25)12-13-8-5-4-6-9-13/h4-6,8-9,14-16,26H,3,7,10-12H2,1-2H3,(H,20,23)(H,21,22)(H,24,25)/t14-,15-,16?/m0/s1. The van der Waals surface area contributed by atoms with E-state index in [1.165, 1.54) is 0 Å². The van der Waals surface area contributed by atoms with Gasteiger partial charge in [-0.15, -0.1) is 0 Å². The van der Waals surface area contributed by atoms with Crippen molar-refractivity contribution in [1.29, 1.82) is 0 Å². The molecule has 0 aliphatic rings. The summed E-state index contributed by atoms with van der Waals surface area (Å²) in [4.78, 5) is 36.5. The molecule has 150 valence electrons. The minimum Gasteiger partial charge on any atom is -0.480 e. The summed E-state index contributed by atoms with van der Waals surface area (Å²) in [5.74, 6) is -1.24. The summed E-state index contributed by atoms with van der Waals surface area (Å²) in [5.41, 5.74) is 0.813. The van der Waals surface area contributed by atoms with Crippen molar-refractivity contribution in [3.05, 3.63) is 35.9 Å². The summed E-state index contributed by atoms with van der Waals surface area (Å²) in [5, 5.41) is 14.2. The highest BCUT2D eigenvalue weighted by Gasteiger charge is 2.27. The molecule has 0 saturated heterocycles. The second-order valence-corrected chi connectivity index (χ2v) is 7.85. The molecule has 0 radical (unpaired) electrons. The van der Waals surface area contributed by atoms with Gasteiger partial charge in [0.1, 0.15) is 12.1 Å². The van der Waals surface area contributed by atoms with Gasteiger partial charge in [0, 0.05) is 6.42 Å². The first-order valence-corrected chi connectivity index (χ1v) is 10.8. The number of hydrogen-bond acceptors (Lipinski definition) is 5. The molecule has 0 aromatic heterocycles. The van der Waals surface area contributed by atoms with Crippen molar-refractivity contribution < 1.29 is 19.5 Å². The van der Waals surface area contributed by atoms with Crippen molar-refractivity contribution in [3.8, 4) is 0 Å². The Kier molecular flexibility index (Phi) is 11.0. The monoisotopic (exact) mass is 412 g/mol. The van der Waals surface area contributed by atoms with Crippen LogP contribution in [0.2, 0.25) is 0 Å². The van der Waals surface area contributed by atoms with E-state index in [4.69, 9.17) is 0 Å². The third-order valence-corrected chi connectivity index (χ3v) is 5.14. The molecule has 1 aromatic carbocycles. The van der Waals surface area contributed by atoms with Crippen LogP contribution in [0.25, 0.3) is 0 Å². The molecule has 3 N–H and O–H groups in total. The number of hydrogen-bond donors (Lipinski definition) is 4. The van der Waals surface area contributed by atoms with Crippen LogP contribution in [0.4, 0.5) is 0 Å². The van der Waals surface area contributed by atoms with E-state index in [0.717, 1.165) is 12.0 Å². The van der Waals surface area contributed by atoms with Crippen LogP contribution in [-0.4, -0.2) is 52.2 Å². The maximum atomic E-state index is 12.6. The van der Waals surface area contributed by atoms with Gasteiger partial charge in [-0.3, -0.25) is 9.59 Å². The van der Waals surface area contributed by atoms with Gasteiger partial charge >= 0.3 is 5.97 Å². The number of carbonyl (C=O) groups excluding carboxylic acids is 2. The number of rotatable bonds is 12. The highest BCUT2D eigenvalue weighted by atomic mass is 32.2. The maximum absolute atomic E-state index is 12.6. The first kappa shape index (κ1) is 23.4. The summed E-state index contributed by atoms with van der Waals surface area (Å²) in [6, 6.07) is 7.26. The molecule has 27 heavy (non-hydrogen) atoms. The van der Waals surface area contributed by atoms with E-state index in [1.807, 2.05) is 43.5 Å². The van der Waals surface area contributed by atoms with Gasteiger partial charge in [-0.25, -0.2) is 4.79 Å². The predicted octanol–water partition coefficient (Wildman–Crippen LogP) is 2.13. The molecule has 3 atom stereocenters. The fourth-order valence-corrected chi connectivity index (χ4v) is 3.30. The molecule has 0 heterocycles. The van der Waals surface area contributed by atoms with Gasteiger partial charge in [0.25, 0.3) is 0 Å². The Morgan fingerprint density at radius 3 is 2.26 bits per heavy atom. The number of carbonyl (C=O) groups is 3. The summed E-state index contributed by atoms with van der Waals surface area (Å²) in [7, 11) is 0. The maximum Gasteiger partial charge on any atom is 0.326 e. The highest BCUT2D eigenvalue weighted by molar-refractivity contribution is 7.98. The molecule has 0 saturated carbocycles. The Morgan fingerprint density at radius 2 is 1.70 bits per heavy atom. The van der Waals surface area contributed by atoms with Gasteiger partial charge < -0.3 is 15.7 Å². The number of benzene rings is 1. The van der Waals surface area contributed by atoms with Crippen LogP contribution in [0, 0.1) is 0 Å². The van der Waals surface area contributed by atoms with Crippen LogP contribution in [0.3, 0.4) is 0 Å². The Bertz CT molecular complexity index is 613. The largest absolute Gasteiger partial charge is 0.480 e. The molecule has 0 spiro atoms. The molecule has 6 nitrogen and oxygen atoms in total. The summed E-state index contributed by atoms with van der Waals surface area (Å²) in [6.45, 7) is 1.95. The van der Waals surface area contributed by atoms with Crippen molar-refractivity contribution in [1.82, 2.24) is 10.6 Å². The van der Waals surface area contributed by atoms with Crippen LogP contribution in [0.5, 0.6) is 0 Å². The van der Waals surface area contributed by atoms with Gasteiger partial charge in [0.15, 0.2) is 0 Å². The molecule has 1 unspecified atom stereocenters. The minimum absolute atomic E-state index is 0.177. The number of thiol groups is 1. The molecular formula is C19H28N2O4S2. The highest BCUT2D eigenvalue weighted by Crippen LogP contribution is 2.09. The third kappa shape index (κ3) is 8.71. The Hall–Kier alpha value is -1.67. The average Bonchev–Trinajstić information content (AvgIpc) is 2.65. The SMILES string of the molecule is CCCC(S)C(=O)N[C@@H](CCSC)C(=O)N[C@@H](Cc1ccccc1)C(=O)O. The summed E-state index contributed by atoms with van der Waals surface area (Å²) in [6.07, 6.45) is 3.92. The molecule has 0 fully saturated rings. The topological polar surface area (TPSA) is 95.5 Å². The Morgan fingerprint density at radius 1 is 1.07 bits per heavy atom. The van der Waals surface area contributed by atoms with Gasteiger partial charge in [0.05, 0.1) is 5.25 Å². The quantitative estimate of drug-likeness (QED) is 0.395. The van der Waals surface area contributed by atoms with E-state index < -0.39 is 29.2 Å². The number of carboxylic acid groups (broad SMARTS) is 1. The van der Waals surface area contributed by atoms with Crippen molar-refractivity contribution in [2.75, 3.05) is 12.0 Å². The van der Waals surface area contributed by atoms with Crippen molar-refractivity contribution in [2.24, 2.45) is 0 Å². The summed E-state index contributed by atoms with van der Waals surface area (Å²) < 4.78 is 0. The predicted molar refractivity (Wildman–Crippen MR) is 112 cm³/mol. The van der Waals surface area contributed by atoms with E-state index in [9.17, 15) is 19.5 Å². The molecule has 0 aliphatic heterocycles. The number of amides is 2. The van der Waals surface area contributed by atoms with Gasteiger partial charge in [-0.1, -0.05) is 43.7 Å². The molecule has 0 bridgehead atoms. The van der Waals surface area contributed by atoms with Crippen LogP contribution >= 0.6 is 24.4 Å². The summed E-state index contributed by atoms with van der Waals surface area (Å²) >= 11 is 5.82. The molecule has 8 heteroatoms. The van der Waals surface area contributed by atoms with Gasteiger partial charge in [-0.05, 0) is 30.4 Å². The molecule has 0 aliphatic carbocycles. The zero-order valence-electron chi connectivity index (χ0n) is 15.7. The number of nitrogens with one attached hydrogen (secondary N) is 2. The lowest BCUT2D eigenvalue weighted by molar-refractivity contribution is -0.142. The second-order valence-electron chi connectivity index (χ2n) is 6.24. The molecule has 1 aromatic rings. The first-order chi connectivity index (χ1) is 12.9. The zero-order valence-corrected chi connectivity index (χ0v) is 17.4. The van der Waals surface area contributed by atoms with Crippen LogP contribution in [-0.2, 0) is 20.8 Å². The van der Waals surface area contributed by atoms with E-state index in [-0.39, 0.29) is 12.3 Å². The average molecular weight is 413 g/mol. The van der Waals surface area contributed by atoms with E-state index in [0.29, 0.717) is 18.6 Å². The second kappa shape index (κ2) is 12.7. The lowest BCUT2D eigenvalue weighted by Crippen LogP contribution is -2.53. The van der Waals surface area contributed by atoms with E-state index >= 15 is 0 Å². The molecule has 1 rings (SSSR count). The van der Waals surface area contributed by atoms with Gasteiger partial charge in [-0.2, -0.15) is 24.4 Å². The number of thioether (sulfide) groups is 1. The fraction of sp³-hybridized carbons (Fsp3) is 0.526. The van der Waals surface area contributed by atoms with Crippen molar-refractivity contribution in [2.45, 2.75) is 49.9 Å². The molecule has 2 amide bonds. The Labute approximate surface area is 170 Å². The van der Waals surface area contributed by atoms with Crippen molar-refractivity contribution >= 4 is 42.2 Å². The van der Waals surface area contributed by atoms with Crippen LogP contribution in [0.1, 0.15) is 31.7 Å². The normalized spacial score (nSPS) is 14.0. The van der Waals surface area contributed by atoms with E-state index in [2.05, 4.69) is 23.3 Å². The zero-order chi connectivity index (χ0) is 20.2. The van der Waals surface area contributed by atoms with Crippen molar-refractivity contribution in [3.63, 3.8) is 0 Å². The smallest absolute Gasteiger partial charge is 0.326 e. The number of aliphatic carboxylic acids is 1. The lowest BCUT2D eigenvalue weighted by Gasteiger charge is -2.22. The van der Waals surface area contributed by atoms with Crippen LogP contribution in [0.15, 0.2) is 30.3 Å². The fourth-order valence-electron chi connectivity index (χ4n) is 2.50. The van der Waals surface area contributed by atoms with Gasteiger partial charge in [0.2, 0.25) is 11.8 Å². The minimum atomic E-state index is -1.11. The van der Waals surface area contributed by atoms with E-state index in [1.54, 1.807) is 11.8 Å². The number of carboxylic acids is 1. The van der Waals surface area contributed by atoms with Crippen LogP contribution < -0.4 is 10.6 Å².